The molecule has 0 aliphatic rings. The lowest BCUT2D eigenvalue weighted by Crippen LogP contribution is -2.15. The molecule has 0 aromatic heterocycles. The second-order valence-corrected chi connectivity index (χ2v) is 3.48. The van der Waals surface area contributed by atoms with Gasteiger partial charge >= 0.3 is 0 Å². The topological polar surface area (TPSA) is 34.1 Å². The molecule has 74 valence electrons. The lowest BCUT2D eigenvalue weighted by atomic mass is 10.1. The Balaban J connectivity index is 3.03. The Kier molecular flexibility index (Phi) is 3.77. The number of halogens is 3. The van der Waals surface area contributed by atoms with Crippen molar-refractivity contribution in [3.05, 3.63) is 34.6 Å². The Bertz CT molecular complexity index is 392. The summed E-state index contributed by atoms with van der Waals surface area (Å²) in [7, 11) is 0. The van der Waals surface area contributed by atoms with Crippen molar-refractivity contribution in [2.24, 2.45) is 0 Å². The number of carbonyl (C=O) groups is 2. The summed E-state index contributed by atoms with van der Waals surface area (Å²) in [6.07, 6.45) is 0. The molecule has 1 rings (SSSR count). The summed E-state index contributed by atoms with van der Waals surface area (Å²) in [5.74, 6) is -1.88. The summed E-state index contributed by atoms with van der Waals surface area (Å²) >= 11 is 8.32. The quantitative estimate of drug-likeness (QED) is 0.484. The third-order valence-electron chi connectivity index (χ3n) is 1.56. The van der Waals surface area contributed by atoms with E-state index >= 15 is 0 Å². The molecule has 0 aliphatic heterocycles. The average Bonchev–Trinajstić information content (AvgIpc) is 2.20. The van der Waals surface area contributed by atoms with Gasteiger partial charge in [-0.2, -0.15) is 0 Å². The molecule has 2 nitrogen and oxygen atoms in total. The fourth-order valence-corrected chi connectivity index (χ4v) is 1.29. The van der Waals surface area contributed by atoms with Crippen LogP contribution in [0.15, 0.2) is 18.2 Å². The van der Waals surface area contributed by atoms with Crippen molar-refractivity contribution in [2.75, 3.05) is 5.33 Å². The van der Waals surface area contributed by atoms with E-state index in [-0.39, 0.29) is 15.9 Å². The molecule has 0 N–H and O–H groups in total. The minimum Gasteiger partial charge on any atom is -0.290 e. The molecule has 0 saturated carbocycles. The second-order valence-electron chi connectivity index (χ2n) is 2.51. The van der Waals surface area contributed by atoms with Gasteiger partial charge < -0.3 is 0 Å². The van der Waals surface area contributed by atoms with Gasteiger partial charge in [-0.15, -0.1) is 0 Å². The first-order valence-electron chi connectivity index (χ1n) is 3.65. The summed E-state index contributed by atoms with van der Waals surface area (Å²) < 4.78 is 12.7. The molecule has 0 amide bonds. The maximum Gasteiger partial charge on any atom is 0.229 e. The van der Waals surface area contributed by atoms with E-state index < -0.39 is 17.4 Å². The molecule has 14 heavy (non-hydrogen) atoms. The van der Waals surface area contributed by atoms with Crippen LogP contribution < -0.4 is 0 Å². The molecule has 0 unspecified atom stereocenters. The smallest absolute Gasteiger partial charge is 0.229 e. The van der Waals surface area contributed by atoms with E-state index in [0.717, 1.165) is 12.1 Å². The third kappa shape index (κ3) is 2.39. The van der Waals surface area contributed by atoms with Gasteiger partial charge in [-0.3, -0.25) is 9.59 Å². The number of carbonyl (C=O) groups excluding carboxylic acids is 2. The van der Waals surface area contributed by atoms with Crippen LogP contribution in [0.2, 0.25) is 5.02 Å². The van der Waals surface area contributed by atoms with E-state index in [1.54, 1.807) is 0 Å². The maximum absolute atomic E-state index is 12.7. The highest BCUT2D eigenvalue weighted by molar-refractivity contribution is 9.09. The highest BCUT2D eigenvalue weighted by atomic mass is 79.9. The van der Waals surface area contributed by atoms with Gasteiger partial charge in [-0.1, -0.05) is 27.5 Å². The highest BCUT2D eigenvalue weighted by Crippen LogP contribution is 2.16. The first-order valence-corrected chi connectivity index (χ1v) is 5.14. The highest BCUT2D eigenvalue weighted by Gasteiger charge is 2.15. The molecule has 0 aliphatic carbocycles. The third-order valence-corrected chi connectivity index (χ3v) is 2.36. The Morgan fingerprint density at radius 1 is 1.43 bits per heavy atom. The van der Waals surface area contributed by atoms with E-state index in [0.29, 0.717) is 0 Å². The van der Waals surface area contributed by atoms with E-state index in [2.05, 4.69) is 15.9 Å². The largest absolute Gasteiger partial charge is 0.290 e. The van der Waals surface area contributed by atoms with Gasteiger partial charge in [0.1, 0.15) is 5.82 Å². The van der Waals surface area contributed by atoms with Crippen molar-refractivity contribution >= 4 is 39.1 Å². The normalized spacial score (nSPS) is 9.93. The molecule has 1 aromatic rings. The number of hydrogen-bond donors (Lipinski definition) is 0. The Labute approximate surface area is 93.2 Å². The molecule has 1 aromatic carbocycles. The van der Waals surface area contributed by atoms with Crippen LogP contribution in [-0.2, 0) is 4.79 Å². The van der Waals surface area contributed by atoms with Gasteiger partial charge in [0.2, 0.25) is 11.6 Å². The van der Waals surface area contributed by atoms with Gasteiger partial charge in [0.15, 0.2) is 0 Å². The summed E-state index contributed by atoms with van der Waals surface area (Å²) in [5.41, 5.74) is 0.0980. The number of benzene rings is 1. The predicted molar refractivity (Wildman–Crippen MR) is 54.5 cm³/mol. The van der Waals surface area contributed by atoms with Crippen LogP contribution in [-0.4, -0.2) is 16.9 Å². The van der Waals surface area contributed by atoms with E-state index in [1.807, 2.05) is 0 Å². The molecule has 0 fully saturated rings. The van der Waals surface area contributed by atoms with Crippen LogP contribution in [0.3, 0.4) is 0 Å². The van der Waals surface area contributed by atoms with Crippen LogP contribution in [0.25, 0.3) is 0 Å². The van der Waals surface area contributed by atoms with Crippen molar-refractivity contribution in [3.63, 3.8) is 0 Å². The zero-order valence-electron chi connectivity index (χ0n) is 6.89. The van der Waals surface area contributed by atoms with Crippen LogP contribution in [0.1, 0.15) is 10.4 Å². The molecular formula is C9H5BrClFO2. The van der Waals surface area contributed by atoms with Crippen LogP contribution >= 0.6 is 27.5 Å². The van der Waals surface area contributed by atoms with Crippen LogP contribution in [0, 0.1) is 5.82 Å². The standard InChI is InChI=1S/C9H5BrClFO2/c10-4-8(13)9(14)5-1-2-7(12)6(11)3-5/h1-3H,4H2. The first-order chi connectivity index (χ1) is 6.56. The zero-order valence-corrected chi connectivity index (χ0v) is 9.23. The molecule has 0 bridgehead atoms. The fraction of sp³-hybridized carbons (Fsp3) is 0.111. The minimum absolute atomic E-state index is 0.0547. The number of hydrogen-bond acceptors (Lipinski definition) is 2. The molecule has 0 spiro atoms. The van der Waals surface area contributed by atoms with Gasteiger partial charge in [-0.05, 0) is 18.2 Å². The lowest BCUT2D eigenvalue weighted by molar-refractivity contribution is -0.112. The SMILES string of the molecule is O=C(CBr)C(=O)c1ccc(F)c(Cl)c1. The second kappa shape index (κ2) is 4.66. The Hall–Kier alpha value is -0.740. The summed E-state index contributed by atoms with van der Waals surface area (Å²) in [6.45, 7) is 0. The number of Topliss-reactive ketones (excluding diaryl/α,β-unsaturated/α-hetero) is 2. The van der Waals surface area contributed by atoms with Crippen molar-refractivity contribution < 1.29 is 14.0 Å². The number of ketones is 2. The molecule has 0 atom stereocenters. The van der Waals surface area contributed by atoms with E-state index in [9.17, 15) is 14.0 Å². The van der Waals surface area contributed by atoms with Crippen molar-refractivity contribution in [2.45, 2.75) is 0 Å². The molecule has 0 radical (unpaired) electrons. The number of rotatable bonds is 3. The van der Waals surface area contributed by atoms with Crippen molar-refractivity contribution in [1.82, 2.24) is 0 Å². The summed E-state index contributed by atoms with van der Waals surface area (Å²) in [4.78, 5) is 22.3. The van der Waals surface area contributed by atoms with Crippen molar-refractivity contribution in [1.29, 1.82) is 0 Å². The van der Waals surface area contributed by atoms with Crippen LogP contribution in [0.5, 0.6) is 0 Å². The van der Waals surface area contributed by atoms with Gasteiger partial charge in [0.25, 0.3) is 0 Å². The molecule has 0 heterocycles. The lowest BCUT2D eigenvalue weighted by Gasteiger charge is -1.99. The molecule has 0 saturated heterocycles. The number of alkyl halides is 1. The van der Waals surface area contributed by atoms with Gasteiger partial charge in [0, 0.05) is 5.56 Å². The minimum atomic E-state index is -0.677. The zero-order chi connectivity index (χ0) is 10.7. The molecular weight excluding hydrogens is 274 g/mol. The summed E-state index contributed by atoms with van der Waals surface area (Å²) in [6, 6.07) is 3.42. The average molecular weight is 279 g/mol. The Morgan fingerprint density at radius 3 is 2.57 bits per heavy atom. The van der Waals surface area contributed by atoms with Gasteiger partial charge in [-0.25, -0.2) is 4.39 Å². The van der Waals surface area contributed by atoms with Gasteiger partial charge in [0.05, 0.1) is 10.4 Å². The Morgan fingerprint density at radius 2 is 2.07 bits per heavy atom. The van der Waals surface area contributed by atoms with Crippen LogP contribution in [0.4, 0.5) is 4.39 Å². The maximum atomic E-state index is 12.7. The predicted octanol–water partition coefficient (Wildman–Crippen LogP) is 2.63. The summed E-state index contributed by atoms with van der Waals surface area (Å²) in [5, 5.41) is -0.223. The first kappa shape index (κ1) is 11.3. The monoisotopic (exact) mass is 278 g/mol. The van der Waals surface area contributed by atoms with E-state index in [1.165, 1.54) is 6.07 Å². The fourth-order valence-electron chi connectivity index (χ4n) is 0.859. The van der Waals surface area contributed by atoms with Crippen molar-refractivity contribution in [3.8, 4) is 0 Å². The molecule has 5 heteroatoms. The van der Waals surface area contributed by atoms with E-state index in [4.69, 9.17) is 11.6 Å².